The van der Waals surface area contributed by atoms with Crippen molar-refractivity contribution in [1.29, 1.82) is 0 Å². The first-order chi connectivity index (χ1) is 14.3. The molecule has 160 valence electrons. The third kappa shape index (κ3) is 5.68. The first-order valence-corrected chi connectivity index (χ1v) is 11.1. The van der Waals surface area contributed by atoms with Crippen LogP contribution in [-0.4, -0.2) is 23.0 Å². The molecule has 0 saturated carbocycles. The Morgan fingerprint density at radius 2 is 1.87 bits per heavy atom. The van der Waals surface area contributed by atoms with Gasteiger partial charge in [0.1, 0.15) is 28.2 Å². The van der Waals surface area contributed by atoms with Crippen LogP contribution < -0.4 is 10.0 Å². The number of hydrogen-bond acceptors (Lipinski definition) is 6. The summed E-state index contributed by atoms with van der Waals surface area (Å²) in [6.07, 6.45) is 0. The lowest BCUT2D eigenvalue weighted by Crippen LogP contribution is -2.26. The van der Waals surface area contributed by atoms with Crippen LogP contribution in [0.15, 0.2) is 46.1 Å². The van der Waals surface area contributed by atoms with Gasteiger partial charge in [-0.15, -0.1) is 11.3 Å². The molecule has 3 rings (SSSR count). The third-order valence-electron chi connectivity index (χ3n) is 4.67. The molecule has 0 saturated heterocycles. The minimum absolute atomic E-state index is 0.121. The second-order valence-electron chi connectivity index (χ2n) is 7.09. The first kappa shape index (κ1) is 22.5. The zero-order chi connectivity index (χ0) is 21.7. The van der Waals surface area contributed by atoms with E-state index in [1.54, 1.807) is 17.0 Å². The molecular weight excluding hydrogens is 429 g/mol. The van der Waals surface area contributed by atoms with Crippen LogP contribution >= 0.6 is 23.3 Å². The first-order valence-electron chi connectivity index (χ1n) is 9.35. The number of nitrogens with zero attached hydrogens (tertiary/aromatic N) is 2. The topological polar surface area (TPSA) is 40.2 Å². The number of rotatable bonds is 9. The minimum Gasteiger partial charge on any atom is -0.381 e. The Morgan fingerprint density at radius 3 is 2.50 bits per heavy atom. The van der Waals surface area contributed by atoms with Gasteiger partial charge in [-0.25, -0.2) is 18.2 Å². The lowest BCUT2D eigenvalue weighted by molar-refractivity contribution is 0.264. The Morgan fingerprint density at radius 1 is 1.13 bits per heavy atom. The maximum absolute atomic E-state index is 14.4. The smallest absolute Gasteiger partial charge is 0.147 e. The summed E-state index contributed by atoms with van der Waals surface area (Å²) in [6, 6.07) is 7.64. The van der Waals surface area contributed by atoms with Crippen LogP contribution in [0.5, 0.6) is 0 Å². The van der Waals surface area contributed by atoms with Crippen LogP contribution in [0.2, 0.25) is 0 Å². The summed E-state index contributed by atoms with van der Waals surface area (Å²) in [5.41, 5.74) is 3.18. The fourth-order valence-electron chi connectivity index (χ4n) is 2.72. The van der Waals surface area contributed by atoms with Crippen LogP contribution in [0.3, 0.4) is 0 Å². The van der Waals surface area contributed by atoms with Gasteiger partial charge in [0, 0.05) is 35.8 Å². The molecule has 0 fully saturated rings. The van der Waals surface area contributed by atoms with Gasteiger partial charge >= 0.3 is 0 Å². The van der Waals surface area contributed by atoms with E-state index in [4.69, 9.17) is 0 Å². The summed E-state index contributed by atoms with van der Waals surface area (Å²) in [7, 11) is 1.97. The summed E-state index contributed by atoms with van der Waals surface area (Å²) < 4.78 is 46.1. The van der Waals surface area contributed by atoms with Gasteiger partial charge in [-0.1, -0.05) is 12.1 Å². The number of thiazole rings is 1. The molecular formula is C21H23F3N4S2. The van der Waals surface area contributed by atoms with Gasteiger partial charge in [-0.2, -0.15) is 0 Å². The lowest BCUT2D eigenvalue weighted by Gasteiger charge is -2.23. The van der Waals surface area contributed by atoms with E-state index < -0.39 is 11.6 Å². The summed E-state index contributed by atoms with van der Waals surface area (Å²) in [5, 5.41) is 4.68. The number of nitrogens with one attached hydrogen (secondary N) is 2. The van der Waals surface area contributed by atoms with E-state index in [9.17, 15) is 13.2 Å². The molecule has 2 aromatic carbocycles. The molecule has 0 aliphatic heterocycles. The molecule has 0 unspecified atom stereocenters. The maximum Gasteiger partial charge on any atom is 0.147 e. The van der Waals surface area contributed by atoms with Crippen molar-refractivity contribution in [2.45, 2.75) is 37.9 Å². The quantitative estimate of drug-likeness (QED) is 0.382. The Balaban J connectivity index is 1.71. The van der Waals surface area contributed by atoms with Gasteiger partial charge in [-0.3, -0.25) is 4.90 Å². The average molecular weight is 453 g/mol. The molecule has 0 amide bonds. The molecule has 3 aromatic rings. The maximum atomic E-state index is 14.4. The van der Waals surface area contributed by atoms with Crippen LogP contribution in [0.4, 0.5) is 24.7 Å². The van der Waals surface area contributed by atoms with E-state index in [1.165, 1.54) is 29.5 Å². The molecule has 2 N–H and O–H groups in total. The molecule has 1 heterocycles. The Kier molecular flexibility index (Phi) is 7.63. The Labute approximate surface area is 182 Å². The summed E-state index contributed by atoms with van der Waals surface area (Å²) in [6.45, 7) is 4.82. The summed E-state index contributed by atoms with van der Waals surface area (Å²) in [5.74, 6) is -1.24. The molecule has 0 aliphatic carbocycles. The van der Waals surface area contributed by atoms with E-state index >= 15 is 0 Å². The van der Waals surface area contributed by atoms with Gasteiger partial charge in [0.2, 0.25) is 0 Å². The van der Waals surface area contributed by atoms with Crippen LogP contribution in [0.1, 0.15) is 25.0 Å². The molecule has 30 heavy (non-hydrogen) atoms. The minimum atomic E-state index is -0.710. The molecule has 9 heteroatoms. The number of benzene rings is 2. The lowest BCUT2D eigenvalue weighted by atomic mass is 10.1. The van der Waals surface area contributed by atoms with E-state index in [2.05, 4.69) is 33.8 Å². The van der Waals surface area contributed by atoms with E-state index in [-0.39, 0.29) is 22.9 Å². The average Bonchev–Trinajstić information content (AvgIpc) is 3.20. The van der Waals surface area contributed by atoms with Crippen molar-refractivity contribution in [2.24, 2.45) is 0 Å². The van der Waals surface area contributed by atoms with E-state index in [0.717, 1.165) is 17.5 Å². The van der Waals surface area contributed by atoms with Crippen LogP contribution in [0, 0.1) is 17.5 Å². The number of hydrogen-bond donors (Lipinski definition) is 2. The highest BCUT2D eigenvalue weighted by atomic mass is 32.2. The van der Waals surface area contributed by atoms with Crippen molar-refractivity contribution in [3.63, 3.8) is 0 Å². The molecule has 0 bridgehead atoms. The van der Waals surface area contributed by atoms with Crippen molar-refractivity contribution >= 4 is 34.8 Å². The Hall–Kier alpha value is -2.23. The summed E-state index contributed by atoms with van der Waals surface area (Å²) in [4.78, 5) is 5.95. The molecule has 0 radical (unpaired) electrons. The fourth-order valence-corrected chi connectivity index (χ4v) is 3.91. The highest BCUT2D eigenvalue weighted by Gasteiger charge is 2.15. The van der Waals surface area contributed by atoms with Gasteiger partial charge in [-0.05, 0) is 56.6 Å². The third-order valence-corrected chi connectivity index (χ3v) is 6.17. The van der Waals surface area contributed by atoms with Gasteiger partial charge in [0.25, 0.3) is 0 Å². The molecule has 1 aromatic heterocycles. The molecule has 0 aliphatic rings. The highest BCUT2D eigenvalue weighted by Crippen LogP contribution is 2.29. The van der Waals surface area contributed by atoms with Gasteiger partial charge in [0.05, 0.1) is 5.51 Å². The second kappa shape index (κ2) is 10.2. The van der Waals surface area contributed by atoms with E-state index in [1.807, 2.05) is 13.1 Å². The van der Waals surface area contributed by atoms with E-state index in [0.29, 0.717) is 24.0 Å². The van der Waals surface area contributed by atoms with Crippen molar-refractivity contribution in [1.82, 2.24) is 9.88 Å². The number of aromatic nitrogens is 1. The zero-order valence-corrected chi connectivity index (χ0v) is 18.5. The fraction of sp³-hybridized carbons (Fsp3) is 0.286. The zero-order valence-electron chi connectivity index (χ0n) is 16.9. The van der Waals surface area contributed by atoms with Gasteiger partial charge in [0.15, 0.2) is 0 Å². The molecule has 0 atom stereocenters. The van der Waals surface area contributed by atoms with Crippen molar-refractivity contribution in [3.8, 4) is 0 Å². The van der Waals surface area contributed by atoms with Crippen molar-refractivity contribution in [2.75, 3.05) is 17.1 Å². The van der Waals surface area contributed by atoms with Crippen molar-refractivity contribution in [3.05, 3.63) is 69.8 Å². The predicted octanol–water partition coefficient (Wildman–Crippen LogP) is 6.13. The number of anilines is 2. The summed E-state index contributed by atoms with van der Waals surface area (Å²) >= 11 is 2.20. The van der Waals surface area contributed by atoms with Crippen LogP contribution in [0.25, 0.3) is 0 Å². The normalized spacial score (nSPS) is 11.3. The largest absolute Gasteiger partial charge is 0.381 e. The standard InChI is InChI=1S/C21H23F3N4S2/c1-13(2)28(3)10-14-5-4-6-17(22)16(14)9-25-15-7-18(23)21(19(24)8-15)30-27-20-11-29-12-26-20/h4-8,11-13,25,27H,9-10H2,1-3H3. The highest BCUT2D eigenvalue weighted by molar-refractivity contribution is 8.00. The SMILES string of the molecule is CC(C)N(C)Cc1cccc(F)c1CNc1cc(F)c(SNc2cscn2)c(F)c1. The van der Waals surface area contributed by atoms with Crippen LogP contribution in [-0.2, 0) is 13.1 Å². The second-order valence-corrected chi connectivity index (χ2v) is 8.62. The molecule has 0 spiro atoms. The molecule has 4 nitrogen and oxygen atoms in total. The monoisotopic (exact) mass is 452 g/mol. The number of halogens is 3. The van der Waals surface area contributed by atoms with Crippen molar-refractivity contribution < 1.29 is 13.2 Å². The predicted molar refractivity (Wildman–Crippen MR) is 118 cm³/mol. The Bertz CT molecular complexity index is 957. The van der Waals surface area contributed by atoms with Gasteiger partial charge < -0.3 is 10.0 Å².